The summed E-state index contributed by atoms with van der Waals surface area (Å²) in [5, 5.41) is 2.32. The summed E-state index contributed by atoms with van der Waals surface area (Å²) in [6, 6.07) is 72.8. The molecule has 1 atom stereocenters. The second-order valence-corrected chi connectivity index (χ2v) is 14.8. The van der Waals surface area contributed by atoms with Crippen LogP contribution in [0.15, 0.2) is 206 Å². The molecule has 0 bridgehead atoms. The van der Waals surface area contributed by atoms with Crippen LogP contribution in [0.25, 0.3) is 84.4 Å². The Morgan fingerprint density at radius 1 is 0.379 bits per heavy atom. The second-order valence-electron chi connectivity index (χ2n) is 14.8. The third-order valence-electron chi connectivity index (χ3n) is 11.3. The van der Waals surface area contributed by atoms with Gasteiger partial charge < -0.3 is 0 Å². The van der Waals surface area contributed by atoms with Crippen molar-refractivity contribution < 1.29 is 0 Å². The number of rotatable bonds is 7. The number of benzene rings is 8. The quantitative estimate of drug-likeness (QED) is 0.163. The van der Waals surface area contributed by atoms with E-state index in [9.17, 15) is 0 Å². The predicted octanol–water partition coefficient (Wildman–Crippen LogP) is 13.3. The lowest BCUT2D eigenvalue weighted by Gasteiger charge is -2.20. The van der Waals surface area contributed by atoms with Gasteiger partial charge in [-0.2, -0.15) is 9.97 Å². The predicted molar refractivity (Wildman–Crippen MR) is 239 cm³/mol. The lowest BCUT2D eigenvalue weighted by Crippen LogP contribution is -2.09. The Bertz CT molecular complexity index is 3050. The molecule has 0 saturated heterocycles. The maximum atomic E-state index is 5.41. The van der Waals surface area contributed by atoms with Crippen molar-refractivity contribution in [1.82, 2.24) is 19.5 Å². The molecule has 1 aliphatic carbocycles. The summed E-state index contributed by atoms with van der Waals surface area (Å²) in [5.74, 6) is 1.80. The van der Waals surface area contributed by atoms with Crippen molar-refractivity contribution in [3.05, 3.63) is 229 Å². The minimum Gasteiger partial charge on any atom is -0.277 e. The Morgan fingerprint density at radius 3 is 1.48 bits per heavy atom. The van der Waals surface area contributed by atoms with E-state index < -0.39 is 0 Å². The van der Waals surface area contributed by atoms with Gasteiger partial charge in [0.2, 0.25) is 5.95 Å². The molecule has 272 valence electrons. The van der Waals surface area contributed by atoms with Crippen LogP contribution in [0.5, 0.6) is 0 Å². The van der Waals surface area contributed by atoms with Gasteiger partial charge in [-0.05, 0) is 74.4 Å². The SMILES string of the molecule is C1=C(c2ccccc2)C(c2ccccc2)c2c1ccc1c3ccccc3n(-c3nc(-c4cccc(-c5ccccc5)c4)nc(-c4cccc(-c5ccccc5)c4)n3)c21. The lowest BCUT2D eigenvalue weighted by atomic mass is 9.84. The Hall–Kier alpha value is -7.69. The van der Waals surface area contributed by atoms with Gasteiger partial charge in [0, 0.05) is 27.8 Å². The minimum absolute atomic E-state index is 0.00347. The van der Waals surface area contributed by atoms with Gasteiger partial charge in [0.05, 0.1) is 11.0 Å². The molecule has 1 aliphatic rings. The van der Waals surface area contributed by atoms with Crippen molar-refractivity contribution in [3.63, 3.8) is 0 Å². The molecular weight excluding hydrogens is 705 g/mol. The van der Waals surface area contributed by atoms with Crippen molar-refractivity contribution in [1.29, 1.82) is 0 Å². The molecule has 11 rings (SSSR count). The van der Waals surface area contributed by atoms with Gasteiger partial charge in [0.1, 0.15) is 0 Å². The fourth-order valence-electron chi connectivity index (χ4n) is 8.67. The first-order chi connectivity index (χ1) is 28.8. The summed E-state index contributed by atoms with van der Waals surface area (Å²) >= 11 is 0. The van der Waals surface area contributed by atoms with Crippen molar-refractivity contribution in [3.8, 4) is 51.0 Å². The first-order valence-corrected chi connectivity index (χ1v) is 19.7. The highest BCUT2D eigenvalue weighted by Crippen LogP contribution is 2.50. The van der Waals surface area contributed by atoms with Crippen LogP contribution in [0.4, 0.5) is 0 Å². The zero-order chi connectivity index (χ0) is 38.4. The number of aromatic nitrogens is 4. The molecule has 4 heteroatoms. The van der Waals surface area contributed by atoms with Gasteiger partial charge in [-0.15, -0.1) is 0 Å². The van der Waals surface area contributed by atoms with Gasteiger partial charge in [-0.3, -0.25) is 4.57 Å². The van der Waals surface area contributed by atoms with Crippen LogP contribution in [-0.4, -0.2) is 19.5 Å². The molecule has 2 heterocycles. The van der Waals surface area contributed by atoms with E-state index in [1.165, 1.54) is 33.2 Å². The lowest BCUT2D eigenvalue weighted by molar-refractivity contribution is 0.944. The van der Waals surface area contributed by atoms with Crippen molar-refractivity contribution in [2.45, 2.75) is 5.92 Å². The summed E-state index contributed by atoms with van der Waals surface area (Å²) in [6.45, 7) is 0. The molecule has 8 aromatic carbocycles. The topological polar surface area (TPSA) is 43.6 Å². The third-order valence-corrected chi connectivity index (χ3v) is 11.3. The van der Waals surface area contributed by atoms with Crippen molar-refractivity contribution in [2.24, 2.45) is 0 Å². The highest BCUT2D eigenvalue weighted by atomic mass is 15.2. The first-order valence-electron chi connectivity index (χ1n) is 19.7. The highest BCUT2D eigenvalue weighted by Gasteiger charge is 2.32. The zero-order valence-corrected chi connectivity index (χ0v) is 31.6. The van der Waals surface area contributed by atoms with E-state index in [0.29, 0.717) is 17.6 Å². The standard InChI is InChI=1S/C54H36N4/c1-5-17-36(18-6-1)40-25-15-27-43(33-40)52-55-53(44-28-16-26-41(34-44)37-19-7-2-8-20-37)57-54(56-52)58-48-30-14-13-29-45(48)46-32-31-42-35-47(38-21-9-3-10-22-38)49(50(42)51(46)58)39-23-11-4-12-24-39/h1-35,49H. The summed E-state index contributed by atoms with van der Waals surface area (Å²) in [6.07, 6.45) is 2.37. The average Bonchev–Trinajstić information content (AvgIpc) is 3.87. The van der Waals surface area contributed by atoms with Crippen LogP contribution in [0.3, 0.4) is 0 Å². The molecule has 2 aromatic heterocycles. The minimum atomic E-state index is -0.00347. The molecule has 0 N–H and O–H groups in total. The summed E-state index contributed by atoms with van der Waals surface area (Å²) in [4.78, 5) is 16.1. The number of hydrogen-bond donors (Lipinski definition) is 0. The molecule has 4 nitrogen and oxygen atoms in total. The van der Waals surface area contributed by atoms with Gasteiger partial charge >= 0.3 is 0 Å². The zero-order valence-electron chi connectivity index (χ0n) is 31.6. The molecule has 0 aliphatic heterocycles. The molecule has 0 saturated carbocycles. The van der Waals surface area contributed by atoms with E-state index in [2.05, 4.69) is 205 Å². The van der Waals surface area contributed by atoms with E-state index in [-0.39, 0.29) is 5.92 Å². The van der Waals surface area contributed by atoms with Crippen LogP contribution in [0.1, 0.15) is 28.2 Å². The van der Waals surface area contributed by atoms with Crippen molar-refractivity contribution in [2.75, 3.05) is 0 Å². The number of nitrogens with zero attached hydrogens (tertiary/aromatic N) is 4. The number of allylic oxidation sites excluding steroid dienone is 1. The van der Waals surface area contributed by atoms with Crippen LogP contribution < -0.4 is 0 Å². The number of para-hydroxylation sites is 1. The van der Waals surface area contributed by atoms with Crippen molar-refractivity contribution >= 4 is 33.5 Å². The Balaban J connectivity index is 1.19. The van der Waals surface area contributed by atoms with Gasteiger partial charge in [-0.1, -0.05) is 188 Å². The van der Waals surface area contributed by atoms with E-state index in [1.54, 1.807) is 0 Å². The van der Waals surface area contributed by atoms with Crippen LogP contribution in [0, 0.1) is 0 Å². The number of hydrogen-bond acceptors (Lipinski definition) is 3. The fourth-order valence-corrected chi connectivity index (χ4v) is 8.67. The fraction of sp³-hybridized carbons (Fsp3) is 0.0185. The Labute approximate surface area is 337 Å². The summed E-state index contributed by atoms with van der Waals surface area (Å²) < 4.78 is 2.29. The van der Waals surface area contributed by atoms with E-state index in [4.69, 9.17) is 15.0 Å². The van der Waals surface area contributed by atoms with E-state index >= 15 is 0 Å². The van der Waals surface area contributed by atoms with Gasteiger partial charge in [0.15, 0.2) is 11.6 Å². The molecule has 58 heavy (non-hydrogen) atoms. The summed E-state index contributed by atoms with van der Waals surface area (Å²) in [5.41, 5.74) is 14.7. The molecule has 0 fully saturated rings. The van der Waals surface area contributed by atoms with Gasteiger partial charge in [0.25, 0.3) is 0 Å². The molecule has 10 aromatic rings. The molecule has 0 radical (unpaired) electrons. The third kappa shape index (κ3) is 5.82. The van der Waals surface area contributed by atoms with Crippen LogP contribution in [0.2, 0.25) is 0 Å². The molecule has 1 unspecified atom stereocenters. The average molecular weight is 741 g/mol. The normalized spacial score (nSPS) is 13.4. The molecular formula is C54H36N4. The largest absolute Gasteiger partial charge is 0.277 e. The number of fused-ring (bicyclic) bond motifs is 5. The maximum Gasteiger partial charge on any atom is 0.238 e. The van der Waals surface area contributed by atoms with Gasteiger partial charge in [-0.25, -0.2) is 4.98 Å². The second kappa shape index (κ2) is 14.1. The maximum absolute atomic E-state index is 5.41. The summed E-state index contributed by atoms with van der Waals surface area (Å²) in [7, 11) is 0. The first kappa shape index (κ1) is 33.6. The smallest absolute Gasteiger partial charge is 0.238 e. The molecule has 0 spiro atoms. The Kier molecular flexibility index (Phi) is 8.18. The van der Waals surface area contributed by atoms with E-state index in [0.717, 1.165) is 49.8 Å². The Morgan fingerprint density at radius 2 is 0.879 bits per heavy atom. The highest BCUT2D eigenvalue weighted by molar-refractivity contribution is 6.13. The van der Waals surface area contributed by atoms with Crippen LogP contribution in [-0.2, 0) is 0 Å². The monoisotopic (exact) mass is 740 g/mol. The van der Waals surface area contributed by atoms with E-state index in [1.807, 2.05) is 12.1 Å². The van der Waals surface area contributed by atoms with Crippen LogP contribution >= 0.6 is 0 Å². The molecule has 0 amide bonds.